The van der Waals surface area contributed by atoms with Crippen molar-refractivity contribution >= 4 is 11.9 Å². The number of hydrogen-bond donors (Lipinski definition) is 2. The Bertz CT molecular complexity index is 534. The lowest BCUT2D eigenvalue weighted by Crippen LogP contribution is -2.32. The summed E-state index contributed by atoms with van der Waals surface area (Å²) < 4.78 is 0. The predicted octanol–water partition coefficient (Wildman–Crippen LogP) is 2.90. The van der Waals surface area contributed by atoms with E-state index in [1.165, 1.54) is 12.8 Å². The van der Waals surface area contributed by atoms with Crippen LogP contribution in [0.1, 0.15) is 50.1 Å². The molecule has 0 heterocycles. The van der Waals surface area contributed by atoms with Gasteiger partial charge in [0.25, 0.3) is 0 Å². The molecule has 0 aliphatic heterocycles. The van der Waals surface area contributed by atoms with E-state index in [9.17, 15) is 9.59 Å². The molecule has 2 N–H and O–H groups in total. The number of carboxylic acids is 1. The van der Waals surface area contributed by atoms with Crippen LogP contribution < -0.4 is 5.32 Å². The second kappa shape index (κ2) is 5.51. The summed E-state index contributed by atoms with van der Waals surface area (Å²) in [6.07, 6.45) is 5.66. The highest BCUT2D eigenvalue weighted by atomic mass is 16.4. The van der Waals surface area contributed by atoms with E-state index in [0.717, 1.165) is 24.8 Å². The third-order valence-corrected chi connectivity index (χ3v) is 5.00. The predicted molar refractivity (Wildman–Crippen MR) is 78.6 cm³/mol. The van der Waals surface area contributed by atoms with Gasteiger partial charge >= 0.3 is 5.97 Å². The second-order valence-electron chi connectivity index (χ2n) is 6.40. The molecule has 0 aromatic heterocycles. The van der Waals surface area contributed by atoms with Crippen molar-refractivity contribution < 1.29 is 14.7 Å². The Morgan fingerprint density at radius 3 is 2.52 bits per heavy atom. The van der Waals surface area contributed by atoms with Crippen LogP contribution in [0.25, 0.3) is 0 Å². The highest BCUT2D eigenvalue weighted by Gasteiger charge is 2.58. The number of aliphatic carboxylic acids is 1. The number of benzene rings is 1. The monoisotopic (exact) mass is 287 g/mol. The van der Waals surface area contributed by atoms with Gasteiger partial charge in [-0.05, 0) is 30.2 Å². The molecule has 0 radical (unpaired) electrons. The van der Waals surface area contributed by atoms with Gasteiger partial charge in [-0.2, -0.15) is 0 Å². The van der Waals surface area contributed by atoms with Gasteiger partial charge in [-0.25, -0.2) is 0 Å². The first-order valence-electron chi connectivity index (χ1n) is 7.68. The number of carbonyl (C=O) groups is 2. The van der Waals surface area contributed by atoms with Crippen molar-refractivity contribution in [3.05, 3.63) is 35.9 Å². The van der Waals surface area contributed by atoms with Crippen molar-refractivity contribution in [1.82, 2.24) is 5.32 Å². The maximum atomic E-state index is 12.4. The molecule has 0 bridgehead atoms. The number of amides is 1. The topological polar surface area (TPSA) is 66.4 Å². The summed E-state index contributed by atoms with van der Waals surface area (Å²) in [5, 5.41) is 12.0. The van der Waals surface area contributed by atoms with Gasteiger partial charge in [-0.15, -0.1) is 0 Å². The van der Waals surface area contributed by atoms with Gasteiger partial charge in [-0.3, -0.25) is 9.59 Å². The Hall–Kier alpha value is -1.84. The number of hydrogen-bond acceptors (Lipinski definition) is 2. The number of carbonyl (C=O) groups excluding carboxylic acids is 1. The average molecular weight is 287 g/mol. The minimum atomic E-state index is -0.893. The molecule has 2 aliphatic carbocycles. The van der Waals surface area contributed by atoms with Crippen LogP contribution in [0.5, 0.6) is 0 Å². The maximum Gasteiger partial charge on any atom is 0.305 e. The minimum absolute atomic E-state index is 0.0343. The van der Waals surface area contributed by atoms with Crippen LogP contribution in [-0.4, -0.2) is 17.0 Å². The smallest absolute Gasteiger partial charge is 0.305 e. The van der Waals surface area contributed by atoms with Gasteiger partial charge < -0.3 is 10.4 Å². The summed E-state index contributed by atoms with van der Waals surface area (Å²) in [4.78, 5) is 23.5. The molecule has 2 fully saturated rings. The third kappa shape index (κ3) is 2.94. The normalized spacial score (nSPS) is 23.7. The average Bonchev–Trinajstić information content (AvgIpc) is 2.96. The lowest BCUT2D eigenvalue weighted by molar-refractivity contribution is -0.137. The third-order valence-electron chi connectivity index (χ3n) is 5.00. The number of rotatable bonds is 5. The van der Waals surface area contributed by atoms with E-state index in [-0.39, 0.29) is 23.7 Å². The fourth-order valence-corrected chi connectivity index (χ4v) is 3.73. The molecule has 1 amide bonds. The summed E-state index contributed by atoms with van der Waals surface area (Å²) in [5.41, 5.74) is 1.10. The summed E-state index contributed by atoms with van der Waals surface area (Å²) in [6, 6.07) is 8.92. The van der Waals surface area contributed by atoms with Crippen LogP contribution in [0, 0.1) is 11.3 Å². The Morgan fingerprint density at radius 1 is 1.24 bits per heavy atom. The fourth-order valence-electron chi connectivity index (χ4n) is 3.73. The van der Waals surface area contributed by atoms with Gasteiger partial charge in [0.15, 0.2) is 0 Å². The molecule has 21 heavy (non-hydrogen) atoms. The highest BCUT2D eigenvalue weighted by Crippen LogP contribution is 2.62. The molecule has 2 atom stereocenters. The zero-order valence-electron chi connectivity index (χ0n) is 12.0. The summed E-state index contributed by atoms with van der Waals surface area (Å²) >= 11 is 0. The standard InChI is InChI=1S/C17H21NO3/c19-15(20)10-14(12-6-2-1-3-7-12)18-16(21)13-11-17(13)8-4-5-9-17/h1-3,6-7,13-14H,4-5,8-11H2,(H,18,21)(H,19,20). The Labute approximate surface area is 124 Å². The first kappa shape index (κ1) is 14.1. The minimum Gasteiger partial charge on any atom is -0.481 e. The largest absolute Gasteiger partial charge is 0.481 e. The maximum absolute atomic E-state index is 12.4. The molecule has 2 unspecified atom stereocenters. The molecule has 4 heteroatoms. The van der Waals surface area contributed by atoms with E-state index >= 15 is 0 Å². The van der Waals surface area contributed by atoms with E-state index < -0.39 is 12.0 Å². The molecular weight excluding hydrogens is 266 g/mol. The van der Waals surface area contributed by atoms with Crippen molar-refractivity contribution in [1.29, 1.82) is 0 Å². The van der Waals surface area contributed by atoms with Crippen molar-refractivity contribution in [3.63, 3.8) is 0 Å². The van der Waals surface area contributed by atoms with Gasteiger partial charge in [0, 0.05) is 5.92 Å². The first-order valence-corrected chi connectivity index (χ1v) is 7.68. The molecule has 2 aliphatic rings. The number of carboxylic acid groups (broad SMARTS) is 1. The zero-order valence-corrected chi connectivity index (χ0v) is 12.0. The lowest BCUT2D eigenvalue weighted by Gasteiger charge is -2.18. The molecule has 3 rings (SSSR count). The van der Waals surface area contributed by atoms with Crippen molar-refractivity contribution in [2.45, 2.75) is 44.6 Å². The van der Waals surface area contributed by atoms with Crippen molar-refractivity contribution in [3.8, 4) is 0 Å². The molecule has 4 nitrogen and oxygen atoms in total. The zero-order chi connectivity index (χ0) is 14.9. The molecule has 1 aromatic carbocycles. The summed E-state index contributed by atoms with van der Waals surface area (Å²) in [5.74, 6) is -0.762. The van der Waals surface area contributed by atoms with Crippen LogP contribution in [0.15, 0.2) is 30.3 Å². The summed E-state index contributed by atoms with van der Waals surface area (Å²) in [6.45, 7) is 0. The molecular formula is C17H21NO3. The first-order chi connectivity index (χ1) is 10.1. The Kier molecular flexibility index (Phi) is 3.70. The van der Waals surface area contributed by atoms with Crippen molar-refractivity contribution in [2.24, 2.45) is 11.3 Å². The van der Waals surface area contributed by atoms with Crippen LogP contribution in [-0.2, 0) is 9.59 Å². The SMILES string of the molecule is O=C(O)CC(NC(=O)C1CC12CCCC2)c1ccccc1. The van der Waals surface area contributed by atoms with E-state index in [0.29, 0.717) is 0 Å². The molecule has 2 saturated carbocycles. The summed E-state index contributed by atoms with van der Waals surface area (Å²) in [7, 11) is 0. The van der Waals surface area contributed by atoms with Gasteiger partial charge in [0.05, 0.1) is 12.5 Å². The van der Waals surface area contributed by atoms with Crippen molar-refractivity contribution in [2.75, 3.05) is 0 Å². The fraction of sp³-hybridized carbons (Fsp3) is 0.529. The van der Waals surface area contributed by atoms with E-state index in [1.807, 2.05) is 30.3 Å². The highest BCUT2D eigenvalue weighted by molar-refractivity contribution is 5.83. The van der Waals surface area contributed by atoms with E-state index in [2.05, 4.69) is 5.32 Å². The van der Waals surface area contributed by atoms with E-state index in [1.54, 1.807) is 0 Å². The number of nitrogens with one attached hydrogen (secondary N) is 1. The molecule has 112 valence electrons. The molecule has 1 aromatic rings. The molecule has 0 saturated heterocycles. The van der Waals surface area contributed by atoms with E-state index in [4.69, 9.17) is 5.11 Å². The van der Waals surface area contributed by atoms with Crippen LogP contribution in [0.3, 0.4) is 0 Å². The Morgan fingerprint density at radius 2 is 1.90 bits per heavy atom. The lowest BCUT2D eigenvalue weighted by atomic mass is 10.00. The van der Waals surface area contributed by atoms with Gasteiger partial charge in [0.2, 0.25) is 5.91 Å². The molecule has 1 spiro atoms. The Balaban J connectivity index is 1.67. The second-order valence-corrected chi connectivity index (χ2v) is 6.40. The van der Waals surface area contributed by atoms with Gasteiger partial charge in [-0.1, -0.05) is 43.2 Å². The van der Waals surface area contributed by atoms with Crippen LogP contribution in [0.4, 0.5) is 0 Å². The van der Waals surface area contributed by atoms with Gasteiger partial charge in [0.1, 0.15) is 0 Å². The quantitative estimate of drug-likeness (QED) is 0.875. The van der Waals surface area contributed by atoms with Crippen LogP contribution >= 0.6 is 0 Å². The van der Waals surface area contributed by atoms with Crippen LogP contribution in [0.2, 0.25) is 0 Å².